The van der Waals surface area contributed by atoms with Crippen molar-refractivity contribution in [2.75, 3.05) is 18.9 Å². The molecule has 0 spiro atoms. The van der Waals surface area contributed by atoms with Crippen molar-refractivity contribution in [1.29, 1.82) is 5.26 Å². The largest absolute Gasteiger partial charge is 0.340 e. The van der Waals surface area contributed by atoms with Crippen LogP contribution in [-0.4, -0.2) is 34.4 Å². The summed E-state index contributed by atoms with van der Waals surface area (Å²) < 4.78 is 0. The Morgan fingerprint density at radius 3 is 2.57 bits per heavy atom. The number of anilines is 2. The first kappa shape index (κ1) is 16.4. The van der Waals surface area contributed by atoms with Crippen molar-refractivity contribution in [2.24, 2.45) is 0 Å². The van der Waals surface area contributed by atoms with Gasteiger partial charge in [-0.15, -0.1) is 0 Å². The van der Waals surface area contributed by atoms with Crippen LogP contribution in [-0.2, 0) is 0 Å². The molecule has 1 amide bonds. The van der Waals surface area contributed by atoms with Crippen molar-refractivity contribution in [2.45, 2.75) is 19.8 Å². The number of unbranched alkanes of at least 4 members (excludes halogenated alkanes) is 1. The minimum absolute atomic E-state index is 0.129. The highest BCUT2D eigenvalue weighted by Gasteiger charge is 2.13. The van der Waals surface area contributed by atoms with Crippen LogP contribution in [0.4, 0.5) is 11.5 Å². The predicted octanol–water partition coefficient (Wildman–Crippen LogP) is 2.96. The van der Waals surface area contributed by atoms with E-state index >= 15 is 0 Å². The molecule has 0 bridgehead atoms. The molecule has 0 saturated heterocycles. The standard InChI is InChI=1S/C17H19N5O/c1-3-4-9-22(2)17(23)15-11-20-16(12-19-15)21-14-7-5-13(10-18)6-8-14/h5-8,11-12H,3-4,9H2,1-2H3,(H,20,21). The Bertz CT molecular complexity index is 688. The molecule has 0 fully saturated rings. The number of hydrogen-bond acceptors (Lipinski definition) is 5. The lowest BCUT2D eigenvalue weighted by atomic mass is 10.2. The quantitative estimate of drug-likeness (QED) is 0.887. The van der Waals surface area contributed by atoms with E-state index in [-0.39, 0.29) is 5.91 Å². The van der Waals surface area contributed by atoms with Gasteiger partial charge < -0.3 is 10.2 Å². The highest BCUT2D eigenvalue weighted by atomic mass is 16.2. The zero-order valence-electron chi connectivity index (χ0n) is 13.3. The van der Waals surface area contributed by atoms with E-state index in [1.165, 1.54) is 12.4 Å². The van der Waals surface area contributed by atoms with Gasteiger partial charge in [0.25, 0.3) is 5.91 Å². The molecule has 1 aromatic carbocycles. The van der Waals surface area contributed by atoms with Crippen LogP contribution in [0.1, 0.15) is 35.8 Å². The van der Waals surface area contributed by atoms with Gasteiger partial charge in [0, 0.05) is 19.3 Å². The normalized spacial score (nSPS) is 9.96. The number of nitriles is 1. The van der Waals surface area contributed by atoms with Gasteiger partial charge in [-0.3, -0.25) is 4.79 Å². The van der Waals surface area contributed by atoms with E-state index in [2.05, 4.69) is 28.3 Å². The zero-order chi connectivity index (χ0) is 16.7. The number of carbonyl (C=O) groups excluding carboxylic acids is 1. The maximum Gasteiger partial charge on any atom is 0.273 e. The lowest BCUT2D eigenvalue weighted by Gasteiger charge is -2.16. The van der Waals surface area contributed by atoms with Gasteiger partial charge in [-0.25, -0.2) is 9.97 Å². The molecular formula is C17H19N5O. The number of nitrogens with zero attached hydrogens (tertiary/aromatic N) is 4. The van der Waals surface area contributed by atoms with Crippen LogP contribution in [0.5, 0.6) is 0 Å². The lowest BCUT2D eigenvalue weighted by molar-refractivity contribution is 0.0787. The predicted molar refractivity (Wildman–Crippen MR) is 88.3 cm³/mol. The third-order valence-corrected chi connectivity index (χ3v) is 3.35. The van der Waals surface area contributed by atoms with Crippen LogP contribution >= 0.6 is 0 Å². The van der Waals surface area contributed by atoms with Crippen molar-refractivity contribution in [3.8, 4) is 6.07 Å². The monoisotopic (exact) mass is 309 g/mol. The summed E-state index contributed by atoms with van der Waals surface area (Å²) in [4.78, 5) is 22.2. The van der Waals surface area contributed by atoms with Crippen molar-refractivity contribution >= 4 is 17.4 Å². The number of hydrogen-bond donors (Lipinski definition) is 1. The second-order valence-electron chi connectivity index (χ2n) is 5.18. The molecule has 1 heterocycles. The fourth-order valence-electron chi connectivity index (χ4n) is 1.97. The summed E-state index contributed by atoms with van der Waals surface area (Å²) in [6, 6.07) is 9.08. The fraction of sp³-hybridized carbons (Fsp3) is 0.294. The Hall–Kier alpha value is -2.94. The highest BCUT2D eigenvalue weighted by Crippen LogP contribution is 2.14. The molecule has 0 aliphatic rings. The molecule has 0 atom stereocenters. The summed E-state index contributed by atoms with van der Waals surface area (Å²) in [5.74, 6) is 0.415. The second-order valence-corrected chi connectivity index (χ2v) is 5.18. The molecule has 6 nitrogen and oxygen atoms in total. The molecule has 118 valence electrons. The lowest BCUT2D eigenvalue weighted by Crippen LogP contribution is -2.28. The number of nitrogens with one attached hydrogen (secondary N) is 1. The molecule has 6 heteroatoms. The van der Waals surface area contributed by atoms with Crippen LogP contribution in [0, 0.1) is 11.3 Å². The van der Waals surface area contributed by atoms with Gasteiger partial charge in [0.15, 0.2) is 0 Å². The third-order valence-electron chi connectivity index (χ3n) is 3.35. The van der Waals surface area contributed by atoms with Gasteiger partial charge >= 0.3 is 0 Å². The molecular weight excluding hydrogens is 290 g/mol. The van der Waals surface area contributed by atoms with Gasteiger partial charge in [-0.1, -0.05) is 13.3 Å². The van der Waals surface area contributed by atoms with Crippen LogP contribution in [0.2, 0.25) is 0 Å². The number of amides is 1. The van der Waals surface area contributed by atoms with Gasteiger partial charge in [0.2, 0.25) is 0 Å². The number of rotatable bonds is 6. The molecule has 0 aliphatic carbocycles. The third kappa shape index (κ3) is 4.51. The molecule has 1 aromatic heterocycles. The average Bonchev–Trinajstić information content (AvgIpc) is 2.60. The van der Waals surface area contributed by atoms with Crippen molar-refractivity contribution in [3.05, 3.63) is 47.9 Å². The Morgan fingerprint density at radius 1 is 1.26 bits per heavy atom. The summed E-state index contributed by atoms with van der Waals surface area (Å²) in [7, 11) is 1.77. The SMILES string of the molecule is CCCCN(C)C(=O)c1cnc(Nc2ccc(C#N)cc2)cn1. The molecule has 1 N–H and O–H groups in total. The summed E-state index contributed by atoms with van der Waals surface area (Å²) >= 11 is 0. The van der Waals surface area contributed by atoms with E-state index in [0.717, 1.165) is 18.5 Å². The summed E-state index contributed by atoms with van der Waals surface area (Å²) in [5, 5.41) is 11.8. The average molecular weight is 309 g/mol. The first-order valence-electron chi connectivity index (χ1n) is 7.48. The second kappa shape index (κ2) is 7.90. The molecule has 0 radical (unpaired) electrons. The first-order chi connectivity index (χ1) is 11.1. The maximum absolute atomic E-state index is 12.2. The number of carbonyl (C=O) groups is 1. The van der Waals surface area contributed by atoms with E-state index in [1.54, 1.807) is 36.2 Å². The highest BCUT2D eigenvalue weighted by molar-refractivity contribution is 5.91. The topological polar surface area (TPSA) is 81.9 Å². The van der Waals surface area contributed by atoms with Gasteiger partial charge in [0.1, 0.15) is 11.5 Å². The van der Waals surface area contributed by atoms with Crippen LogP contribution in [0.3, 0.4) is 0 Å². The molecule has 2 aromatic rings. The summed E-state index contributed by atoms with van der Waals surface area (Å²) in [5.41, 5.74) is 1.73. The molecule has 0 aliphatic heterocycles. The molecule has 0 saturated carbocycles. The van der Waals surface area contributed by atoms with Gasteiger partial charge in [0.05, 0.1) is 24.0 Å². The fourth-order valence-corrected chi connectivity index (χ4v) is 1.97. The van der Waals surface area contributed by atoms with E-state index < -0.39 is 0 Å². The Labute approximate surface area is 135 Å². The molecule has 23 heavy (non-hydrogen) atoms. The van der Waals surface area contributed by atoms with Gasteiger partial charge in [-0.05, 0) is 30.7 Å². The van der Waals surface area contributed by atoms with Crippen LogP contribution < -0.4 is 5.32 Å². The van der Waals surface area contributed by atoms with Crippen molar-refractivity contribution in [3.63, 3.8) is 0 Å². The first-order valence-corrected chi connectivity index (χ1v) is 7.48. The minimum atomic E-state index is -0.129. The van der Waals surface area contributed by atoms with E-state index in [4.69, 9.17) is 5.26 Å². The molecule has 2 rings (SSSR count). The van der Waals surface area contributed by atoms with Gasteiger partial charge in [-0.2, -0.15) is 5.26 Å². The van der Waals surface area contributed by atoms with Crippen LogP contribution in [0.25, 0.3) is 0 Å². The molecule has 0 unspecified atom stereocenters. The summed E-state index contributed by atoms with van der Waals surface area (Å²) in [6.07, 6.45) is 5.00. The number of aromatic nitrogens is 2. The Morgan fingerprint density at radius 2 is 2.00 bits per heavy atom. The van der Waals surface area contributed by atoms with E-state index in [1.807, 2.05) is 0 Å². The smallest absolute Gasteiger partial charge is 0.273 e. The van der Waals surface area contributed by atoms with E-state index in [0.29, 0.717) is 23.6 Å². The summed E-state index contributed by atoms with van der Waals surface area (Å²) in [6.45, 7) is 2.80. The van der Waals surface area contributed by atoms with Crippen LogP contribution in [0.15, 0.2) is 36.7 Å². The number of benzene rings is 1. The Balaban J connectivity index is 2.01. The van der Waals surface area contributed by atoms with Crippen molar-refractivity contribution < 1.29 is 4.79 Å². The van der Waals surface area contributed by atoms with E-state index in [9.17, 15) is 4.79 Å². The van der Waals surface area contributed by atoms with Crippen molar-refractivity contribution in [1.82, 2.24) is 14.9 Å². The zero-order valence-corrected chi connectivity index (χ0v) is 13.3. The Kier molecular flexibility index (Phi) is 5.64. The minimum Gasteiger partial charge on any atom is -0.340 e. The maximum atomic E-state index is 12.2.